The highest BCUT2D eigenvalue weighted by atomic mass is 32.2. The lowest BCUT2D eigenvalue weighted by Crippen LogP contribution is -2.43. The van der Waals surface area contributed by atoms with Crippen LogP contribution in [0.4, 0.5) is 0 Å². The zero-order valence-electron chi connectivity index (χ0n) is 15.0. The summed E-state index contributed by atoms with van der Waals surface area (Å²) in [5.74, 6) is 0.734. The summed E-state index contributed by atoms with van der Waals surface area (Å²) >= 11 is 6.62. The number of nitrogens with zero attached hydrogens (tertiary/aromatic N) is 2. The van der Waals surface area contributed by atoms with Crippen LogP contribution in [0.5, 0.6) is 0 Å². The van der Waals surface area contributed by atoms with Crippen LogP contribution in [0.2, 0.25) is 0 Å². The van der Waals surface area contributed by atoms with Crippen molar-refractivity contribution in [2.45, 2.75) is 51.5 Å². The molecule has 3 heterocycles. The Morgan fingerprint density at radius 2 is 2.31 bits per heavy atom. The first-order valence-electron chi connectivity index (χ1n) is 9.18. The highest BCUT2D eigenvalue weighted by Gasteiger charge is 2.32. The van der Waals surface area contributed by atoms with Crippen LogP contribution in [0, 0.1) is 0 Å². The molecular weight excluding hydrogens is 368 g/mol. The van der Waals surface area contributed by atoms with Crippen molar-refractivity contribution in [3.8, 4) is 0 Å². The molecule has 2 amide bonds. The molecule has 2 saturated heterocycles. The van der Waals surface area contributed by atoms with E-state index < -0.39 is 0 Å². The molecule has 1 atom stereocenters. The number of thiocarbonyl (C=S) groups is 1. The molecule has 0 bridgehead atoms. The Bertz CT molecular complexity index is 700. The van der Waals surface area contributed by atoms with Gasteiger partial charge in [0, 0.05) is 31.6 Å². The Labute approximate surface area is 163 Å². The van der Waals surface area contributed by atoms with E-state index in [4.69, 9.17) is 16.6 Å². The number of thioether (sulfide) groups is 1. The summed E-state index contributed by atoms with van der Waals surface area (Å²) in [7, 11) is 0. The van der Waals surface area contributed by atoms with Crippen molar-refractivity contribution in [3.05, 3.63) is 29.1 Å². The molecule has 0 aliphatic carbocycles. The van der Waals surface area contributed by atoms with E-state index >= 15 is 0 Å². The first kappa shape index (κ1) is 19.2. The number of furan rings is 1. The largest absolute Gasteiger partial charge is 0.465 e. The van der Waals surface area contributed by atoms with Gasteiger partial charge in [-0.1, -0.05) is 30.9 Å². The Morgan fingerprint density at radius 3 is 3.04 bits per heavy atom. The van der Waals surface area contributed by atoms with E-state index in [1.165, 1.54) is 18.2 Å². The standard InChI is InChI=1S/C19H24N2O3S2/c1-2-14-7-3-4-10-20(14)17(22)9-5-11-21-18(23)16(26-19(21)25)13-15-8-6-12-24-15/h6,8,12-14H,2-5,7,9-11H2,1H3. The zero-order chi connectivity index (χ0) is 18.5. The Morgan fingerprint density at radius 1 is 1.46 bits per heavy atom. The molecule has 140 valence electrons. The van der Waals surface area contributed by atoms with Crippen molar-refractivity contribution >= 4 is 46.2 Å². The normalized spacial score (nSPS) is 22.5. The van der Waals surface area contributed by atoms with Crippen LogP contribution in [0.25, 0.3) is 6.08 Å². The van der Waals surface area contributed by atoms with E-state index in [9.17, 15) is 9.59 Å². The number of hydrogen-bond acceptors (Lipinski definition) is 5. The summed E-state index contributed by atoms with van der Waals surface area (Å²) in [5, 5.41) is 0. The van der Waals surface area contributed by atoms with Gasteiger partial charge < -0.3 is 9.32 Å². The fourth-order valence-electron chi connectivity index (χ4n) is 3.48. The van der Waals surface area contributed by atoms with Gasteiger partial charge in [-0.3, -0.25) is 14.5 Å². The predicted octanol–water partition coefficient (Wildman–Crippen LogP) is 4.05. The molecule has 0 aromatic carbocycles. The average molecular weight is 393 g/mol. The molecule has 7 heteroatoms. The van der Waals surface area contributed by atoms with E-state index in [0.29, 0.717) is 40.4 Å². The number of hydrogen-bond donors (Lipinski definition) is 0. The minimum absolute atomic E-state index is 0.103. The quantitative estimate of drug-likeness (QED) is 0.540. The second-order valence-electron chi connectivity index (χ2n) is 6.60. The van der Waals surface area contributed by atoms with Gasteiger partial charge in [0.2, 0.25) is 5.91 Å². The van der Waals surface area contributed by atoms with Gasteiger partial charge in [-0.2, -0.15) is 0 Å². The topological polar surface area (TPSA) is 53.8 Å². The predicted molar refractivity (Wildman–Crippen MR) is 107 cm³/mol. The van der Waals surface area contributed by atoms with Gasteiger partial charge >= 0.3 is 0 Å². The third kappa shape index (κ3) is 4.38. The molecular formula is C19H24N2O3S2. The third-order valence-corrected chi connectivity index (χ3v) is 6.26. The average Bonchev–Trinajstić information content (AvgIpc) is 3.25. The van der Waals surface area contributed by atoms with E-state index in [-0.39, 0.29) is 11.8 Å². The smallest absolute Gasteiger partial charge is 0.266 e. The Kier molecular flexibility index (Phi) is 6.53. The first-order valence-corrected chi connectivity index (χ1v) is 10.4. The van der Waals surface area contributed by atoms with Gasteiger partial charge in [-0.15, -0.1) is 0 Å². The SMILES string of the molecule is CCC1CCCCN1C(=O)CCCN1C(=O)C(=Cc2ccco2)SC1=S. The molecule has 1 aromatic rings. The van der Waals surface area contributed by atoms with Crippen molar-refractivity contribution < 1.29 is 14.0 Å². The zero-order valence-corrected chi connectivity index (χ0v) is 16.6. The van der Waals surface area contributed by atoms with Crippen LogP contribution >= 0.6 is 24.0 Å². The molecule has 1 unspecified atom stereocenters. The van der Waals surface area contributed by atoms with Crippen molar-refractivity contribution in [1.29, 1.82) is 0 Å². The van der Waals surface area contributed by atoms with Gasteiger partial charge in [0.05, 0.1) is 11.2 Å². The van der Waals surface area contributed by atoms with Gasteiger partial charge in [0.15, 0.2) is 0 Å². The van der Waals surface area contributed by atoms with Crippen LogP contribution in [-0.2, 0) is 9.59 Å². The minimum atomic E-state index is -0.103. The molecule has 0 spiro atoms. The van der Waals surface area contributed by atoms with Gasteiger partial charge in [0.25, 0.3) is 5.91 Å². The number of carbonyl (C=O) groups is 2. The highest BCUT2D eigenvalue weighted by molar-refractivity contribution is 8.26. The maximum atomic E-state index is 12.5. The molecule has 3 rings (SSSR count). The molecule has 2 aliphatic rings. The molecule has 0 saturated carbocycles. The van der Waals surface area contributed by atoms with Crippen molar-refractivity contribution in [2.75, 3.05) is 13.1 Å². The molecule has 2 aliphatic heterocycles. The lowest BCUT2D eigenvalue weighted by Gasteiger charge is -2.35. The summed E-state index contributed by atoms with van der Waals surface area (Å²) in [5.41, 5.74) is 0. The van der Waals surface area contributed by atoms with Crippen LogP contribution in [-0.4, -0.2) is 45.1 Å². The Hall–Kier alpha value is -1.60. The van der Waals surface area contributed by atoms with Gasteiger partial charge in [0.1, 0.15) is 10.1 Å². The molecule has 26 heavy (non-hydrogen) atoms. The maximum Gasteiger partial charge on any atom is 0.266 e. The fourth-order valence-corrected chi connectivity index (χ4v) is 4.77. The fraction of sp³-hybridized carbons (Fsp3) is 0.526. The lowest BCUT2D eigenvalue weighted by molar-refractivity contribution is -0.135. The maximum absolute atomic E-state index is 12.5. The first-order chi connectivity index (χ1) is 12.6. The number of piperidine rings is 1. The Balaban J connectivity index is 1.52. The van der Waals surface area contributed by atoms with Crippen LogP contribution in [0.3, 0.4) is 0 Å². The summed E-state index contributed by atoms with van der Waals surface area (Å²) in [6.45, 7) is 3.49. The summed E-state index contributed by atoms with van der Waals surface area (Å²) in [4.78, 5) is 29.3. The molecule has 1 aromatic heterocycles. The second kappa shape index (κ2) is 8.86. The minimum Gasteiger partial charge on any atom is -0.465 e. The van der Waals surface area contributed by atoms with Crippen LogP contribution in [0.15, 0.2) is 27.7 Å². The summed E-state index contributed by atoms with van der Waals surface area (Å²) in [6, 6.07) is 3.96. The van der Waals surface area contributed by atoms with Crippen molar-refractivity contribution in [1.82, 2.24) is 9.80 Å². The molecule has 5 nitrogen and oxygen atoms in total. The number of likely N-dealkylation sites (tertiary alicyclic amines) is 1. The monoisotopic (exact) mass is 392 g/mol. The molecule has 0 N–H and O–H groups in total. The van der Waals surface area contributed by atoms with Crippen LogP contribution < -0.4 is 0 Å². The van der Waals surface area contributed by atoms with E-state index in [2.05, 4.69) is 6.92 Å². The second-order valence-corrected chi connectivity index (χ2v) is 8.27. The van der Waals surface area contributed by atoms with Gasteiger partial charge in [-0.25, -0.2) is 0 Å². The van der Waals surface area contributed by atoms with E-state index in [0.717, 1.165) is 25.8 Å². The number of amides is 2. The summed E-state index contributed by atoms with van der Waals surface area (Å²) < 4.78 is 5.81. The molecule has 0 radical (unpaired) electrons. The lowest BCUT2D eigenvalue weighted by atomic mass is 9.99. The highest BCUT2D eigenvalue weighted by Crippen LogP contribution is 2.32. The van der Waals surface area contributed by atoms with Gasteiger partial charge in [-0.05, 0) is 44.2 Å². The van der Waals surface area contributed by atoms with E-state index in [1.807, 2.05) is 4.90 Å². The van der Waals surface area contributed by atoms with Crippen LogP contribution in [0.1, 0.15) is 51.2 Å². The molecule has 2 fully saturated rings. The van der Waals surface area contributed by atoms with E-state index in [1.54, 1.807) is 29.4 Å². The van der Waals surface area contributed by atoms with Crippen molar-refractivity contribution in [3.63, 3.8) is 0 Å². The third-order valence-electron chi connectivity index (χ3n) is 4.88. The summed E-state index contributed by atoms with van der Waals surface area (Å²) in [6.07, 6.45) is 8.80. The van der Waals surface area contributed by atoms with Crippen molar-refractivity contribution in [2.24, 2.45) is 0 Å². The number of rotatable bonds is 6. The number of carbonyl (C=O) groups excluding carboxylic acids is 2.